The molecule has 2 aliphatic rings. The lowest BCUT2D eigenvalue weighted by Gasteiger charge is -2.34. The molecule has 192 valence electrons. The van der Waals surface area contributed by atoms with Crippen LogP contribution in [0.4, 0.5) is 0 Å². The van der Waals surface area contributed by atoms with E-state index in [0.717, 1.165) is 6.29 Å². The molecule has 1 fully saturated rings. The van der Waals surface area contributed by atoms with Crippen molar-refractivity contribution in [1.82, 2.24) is 5.48 Å². The molecule has 0 aliphatic carbocycles. The minimum atomic E-state index is -1.22. The Morgan fingerprint density at radius 1 is 1.29 bits per heavy atom. The number of thioether (sulfide) groups is 1. The van der Waals surface area contributed by atoms with Crippen molar-refractivity contribution in [2.75, 3.05) is 32.6 Å². The highest BCUT2D eigenvalue weighted by atomic mass is 32.2. The minimum absolute atomic E-state index is 0.0521. The summed E-state index contributed by atoms with van der Waals surface area (Å²) < 4.78 is 10.7. The monoisotopic (exact) mass is 502 g/mol. The second-order valence-electron chi connectivity index (χ2n) is 8.39. The molecule has 34 heavy (non-hydrogen) atoms. The topological polar surface area (TPSA) is 170 Å². The van der Waals surface area contributed by atoms with Crippen LogP contribution in [0.25, 0.3) is 0 Å². The van der Waals surface area contributed by atoms with Gasteiger partial charge >= 0.3 is 0 Å². The van der Waals surface area contributed by atoms with Crippen LogP contribution in [0.2, 0.25) is 0 Å². The van der Waals surface area contributed by atoms with Gasteiger partial charge in [0.1, 0.15) is 58.9 Å². The summed E-state index contributed by atoms with van der Waals surface area (Å²) in [6.45, 7) is 4.04. The number of carbonyl (C=O) groups is 1. The molecule has 4 unspecified atom stereocenters. The van der Waals surface area contributed by atoms with Crippen LogP contribution in [0.1, 0.15) is 25.8 Å². The number of aliphatic hydroxyl groups is 4. The van der Waals surface area contributed by atoms with Crippen molar-refractivity contribution in [3.05, 3.63) is 23.8 Å². The number of aliphatic hydroxyl groups excluding tert-OH is 4. The van der Waals surface area contributed by atoms with Crippen LogP contribution >= 0.6 is 11.8 Å². The Kier molecular flexibility index (Phi) is 11.2. The molecular formula is C22H34N2O9S. The summed E-state index contributed by atoms with van der Waals surface area (Å²) in [4.78, 5) is 20.2. The fourth-order valence-electron chi connectivity index (χ4n) is 3.16. The van der Waals surface area contributed by atoms with E-state index < -0.39 is 30.0 Å². The molecule has 2 heterocycles. The third kappa shape index (κ3) is 8.17. The maximum atomic E-state index is 10.8. The zero-order valence-electron chi connectivity index (χ0n) is 19.5. The van der Waals surface area contributed by atoms with E-state index in [0.29, 0.717) is 35.1 Å². The molecule has 0 amide bonds. The molecule has 1 aromatic carbocycles. The molecule has 11 nitrogen and oxygen atoms in total. The van der Waals surface area contributed by atoms with Crippen LogP contribution in [0.15, 0.2) is 23.2 Å². The van der Waals surface area contributed by atoms with Crippen molar-refractivity contribution in [2.24, 2.45) is 4.99 Å². The second-order valence-corrected chi connectivity index (χ2v) is 9.40. The maximum absolute atomic E-state index is 10.8. The van der Waals surface area contributed by atoms with E-state index >= 15 is 0 Å². The van der Waals surface area contributed by atoms with Crippen molar-refractivity contribution in [1.29, 1.82) is 0 Å². The maximum Gasteiger partial charge on any atom is 0.145 e. The Balaban J connectivity index is 0.000000310. The molecule has 2 aliphatic heterocycles. The lowest BCUT2D eigenvalue weighted by molar-refractivity contribution is -0.195. The molecule has 6 N–H and O–H groups in total. The van der Waals surface area contributed by atoms with Gasteiger partial charge in [-0.05, 0) is 26.0 Å². The largest absolute Gasteiger partial charge is 0.507 e. The van der Waals surface area contributed by atoms with Crippen molar-refractivity contribution in [3.8, 4) is 11.5 Å². The number of aromatic hydroxyl groups is 1. The lowest BCUT2D eigenvalue weighted by Crippen LogP contribution is -2.53. The molecule has 0 saturated carbocycles. The number of phenols is 1. The number of rotatable bonds is 9. The van der Waals surface area contributed by atoms with E-state index in [2.05, 4.69) is 10.5 Å². The summed E-state index contributed by atoms with van der Waals surface area (Å²) >= 11 is 1.47. The molecular weight excluding hydrogens is 468 g/mol. The van der Waals surface area contributed by atoms with Gasteiger partial charge in [-0.1, -0.05) is 0 Å². The van der Waals surface area contributed by atoms with Gasteiger partial charge in [-0.25, -0.2) is 5.48 Å². The van der Waals surface area contributed by atoms with Crippen molar-refractivity contribution >= 4 is 23.1 Å². The number of hydrogen-bond donors (Lipinski definition) is 6. The number of hydrogen-bond acceptors (Lipinski definition) is 12. The van der Waals surface area contributed by atoms with E-state index in [4.69, 9.17) is 34.7 Å². The minimum Gasteiger partial charge on any atom is -0.507 e. The predicted molar refractivity (Wildman–Crippen MR) is 126 cm³/mol. The summed E-state index contributed by atoms with van der Waals surface area (Å²) in [6, 6.07) is 4.82. The molecule has 1 aromatic rings. The molecule has 3 rings (SSSR count). The Bertz CT molecular complexity index is 822. The van der Waals surface area contributed by atoms with Crippen LogP contribution in [-0.4, -0.2) is 106 Å². The van der Waals surface area contributed by atoms with Crippen LogP contribution < -0.4 is 10.2 Å². The molecule has 0 radical (unpaired) electrons. The summed E-state index contributed by atoms with van der Waals surface area (Å²) in [5.74, 6) is 1.30. The van der Waals surface area contributed by atoms with E-state index in [1.54, 1.807) is 25.2 Å². The highest BCUT2D eigenvalue weighted by Crippen LogP contribution is 2.32. The van der Waals surface area contributed by atoms with Gasteiger partial charge < -0.3 is 44.6 Å². The SMILES string of the molecule is CNOCCC(C)(C)Oc1ccc(C2=NC(C=O)CS2)c(O)c1.OCC1OC[C@H](O)C(O)C1O. The first-order chi connectivity index (χ1) is 16.1. The van der Waals surface area contributed by atoms with E-state index in [-0.39, 0.29) is 25.0 Å². The van der Waals surface area contributed by atoms with Gasteiger partial charge in [0, 0.05) is 30.9 Å². The number of benzene rings is 1. The van der Waals surface area contributed by atoms with Gasteiger partial charge in [0.15, 0.2) is 0 Å². The van der Waals surface area contributed by atoms with E-state index in [1.165, 1.54) is 11.8 Å². The first-order valence-electron chi connectivity index (χ1n) is 10.8. The predicted octanol–water partition coefficient (Wildman–Crippen LogP) is -0.388. The van der Waals surface area contributed by atoms with E-state index in [9.17, 15) is 9.90 Å². The molecule has 5 atom stereocenters. The van der Waals surface area contributed by atoms with Crippen LogP contribution in [-0.2, 0) is 14.4 Å². The van der Waals surface area contributed by atoms with Gasteiger partial charge in [0.25, 0.3) is 0 Å². The Hall–Kier alpha value is -1.77. The Morgan fingerprint density at radius 3 is 2.62 bits per heavy atom. The Labute approximate surface area is 202 Å². The third-order valence-electron chi connectivity index (χ3n) is 5.16. The number of ether oxygens (including phenoxy) is 2. The van der Waals surface area contributed by atoms with Crippen molar-refractivity contribution in [2.45, 2.75) is 56.3 Å². The zero-order chi connectivity index (χ0) is 25.3. The standard InChI is InChI=1S/C16H22N2O4S.C6H12O5/c1-16(2,6-7-21-17-3)22-12-4-5-13(14(20)8-12)15-18-11(9-19)10-23-15;7-1-4-6(10)5(9)3(8)2-11-4/h4-5,8-9,11,17,20H,6-7,10H2,1-3H3;3-10H,1-2H2/t;3-,4?,5?,6?/m.0/s1. The number of hydroxylamine groups is 1. The summed E-state index contributed by atoms with van der Waals surface area (Å²) in [7, 11) is 1.71. The second kappa shape index (κ2) is 13.4. The van der Waals surface area contributed by atoms with Crippen LogP contribution in [0, 0.1) is 0 Å². The zero-order valence-corrected chi connectivity index (χ0v) is 20.3. The fraction of sp³-hybridized carbons (Fsp3) is 0.636. The van der Waals surface area contributed by atoms with Gasteiger partial charge in [-0.15, -0.1) is 11.8 Å². The first-order valence-corrected chi connectivity index (χ1v) is 11.8. The normalized spacial score (nSPS) is 26.9. The average molecular weight is 503 g/mol. The van der Waals surface area contributed by atoms with Crippen molar-refractivity contribution < 1.29 is 44.6 Å². The van der Waals surface area contributed by atoms with Crippen molar-refractivity contribution in [3.63, 3.8) is 0 Å². The number of phenolic OH excluding ortho intramolecular Hbond substituents is 1. The quantitative estimate of drug-likeness (QED) is 0.148. The molecule has 0 bridgehead atoms. The highest BCUT2D eigenvalue weighted by Gasteiger charge is 2.36. The molecule has 1 saturated heterocycles. The molecule has 12 heteroatoms. The molecule has 0 aromatic heterocycles. The van der Waals surface area contributed by atoms with Gasteiger partial charge in [-0.3, -0.25) is 4.99 Å². The smallest absolute Gasteiger partial charge is 0.145 e. The number of nitrogens with zero attached hydrogens (tertiary/aromatic N) is 1. The van der Waals surface area contributed by atoms with Gasteiger partial charge in [0.2, 0.25) is 0 Å². The third-order valence-corrected chi connectivity index (χ3v) is 6.27. The number of carbonyl (C=O) groups excluding carboxylic acids is 1. The summed E-state index contributed by atoms with van der Waals surface area (Å²) in [6.07, 6.45) is -2.75. The number of aldehydes is 1. The van der Waals surface area contributed by atoms with Crippen LogP contribution in [0.5, 0.6) is 11.5 Å². The molecule has 0 spiro atoms. The number of nitrogens with one attached hydrogen (secondary N) is 1. The average Bonchev–Trinajstić information content (AvgIpc) is 3.27. The first kappa shape index (κ1) is 28.5. The number of aliphatic imine (C=N–C) groups is 1. The summed E-state index contributed by atoms with van der Waals surface area (Å²) in [5, 5.41) is 46.6. The lowest BCUT2D eigenvalue weighted by atomic mass is 10.0. The summed E-state index contributed by atoms with van der Waals surface area (Å²) in [5.41, 5.74) is 2.83. The van der Waals surface area contributed by atoms with Gasteiger partial charge in [-0.2, -0.15) is 0 Å². The fourth-order valence-corrected chi connectivity index (χ4v) is 4.18. The highest BCUT2D eigenvalue weighted by molar-refractivity contribution is 8.14. The van der Waals surface area contributed by atoms with Gasteiger partial charge in [0.05, 0.1) is 19.8 Å². The van der Waals surface area contributed by atoms with E-state index in [1.807, 2.05) is 13.8 Å². The van der Waals surface area contributed by atoms with Crippen LogP contribution in [0.3, 0.4) is 0 Å². The Morgan fingerprint density at radius 2 is 2.03 bits per heavy atom.